The molecule has 0 bridgehead atoms. The number of nitrogens with one attached hydrogen (secondary N) is 2. The second-order valence-corrected chi connectivity index (χ2v) is 6.91. The number of hydrogen-bond acceptors (Lipinski definition) is 3. The predicted molar refractivity (Wildman–Crippen MR) is 103 cm³/mol. The van der Waals surface area contributed by atoms with Crippen LogP contribution < -0.4 is 15.5 Å². The van der Waals surface area contributed by atoms with E-state index in [1.807, 2.05) is 0 Å². The zero-order chi connectivity index (χ0) is 21.7. The van der Waals surface area contributed by atoms with Crippen LogP contribution in [0.5, 0.6) is 0 Å². The molecule has 1 saturated heterocycles. The SMILES string of the molecule is O=C(Cc1cccc(F)c1)NCCNC(=O)C1CCN(c2cc(F)cc(F)c2)C1=O. The van der Waals surface area contributed by atoms with Gasteiger partial charge in [0, 0.05) is 31.4 Å². The minimum atomic E-state index is -0.959. The van der Waals surface area contributed by atoms with Gasteiger partial charge in [-0.05, 0) is 36.2 Å². The van der Waals surface area contributed by atoms with Crippen molar-refractivity contribution in [2.75, 3.05) is 24.5 Å². The van der Waals surface area contributed by atoms with Gasteiger partial charge in [0.25, 0.3) is 0 Å². The summed E-state index contributed by atoms with van der Waals surface area (Å²) in [7, 11) is 0. The number of amides is 3. The van der Waals surface area contributed by atoms with Crippen molar-refractivity contribution in [1.82, 2.24) is 10.6 Å². The molecule has 2 N–H and O–H groups in total. The highest BCUT2D eigenvalue weighted by atomic mass is 19.1. The third-order valence-electron chi connectivity index (χ3n) is 4.68. The van der Waals surface area contributed by atoms with Gasteiger partial charge in [-0.15, -0.1) is 0 Å². The first-order chi connectivity index (χ1) is 14.3. The molecular weight excluding hydrogens is 399 g/mol. The Morgan fingerprint density at radius 3 is 2.37 bits per heavy atom. The Labute approximate surface area is 171 Å². The fourth-order valence-electron chi connectivity index (χ4n) is 3.28. The second-order valence-electron chi connectivity index (χ2n) is 6.91. The molecule has 0 aliphatic carbocycles. The molecular formula is C21H20F3N3O3. The lowest BCUT2D eigenvalue weighted by atomic mass is 10.1. The summed E-state index contributed by atoms with van der Waals surface area (Å²) >= 11 is 0. The van der Waals surface area contributed by atoms with Crippen LogP contribution in [0.15, 0.2) is 42.5 Å². The third kappa shape index (κ3) is 5.37. The topological polar surface area (TPSA) is 78.5 Å². The molecule has 0 spiro atoms. The highest BCUT2D eigenvalue weighted by Gasteiger charge is 2.37. The summed E-state index contributed by atoms with van der Waals surface area (Å²) in [4.78, 5) is 37.8. The highest BCUT2D eigenvalue weighted by Crippen LogP contribution is 2.26. The van der Waals surface area contributed by atoms with E-state index in [9.17, 15) is 27.6 Å². The average Bonchev–Trinajstić information content (AvgIpc) is 3.06. The zero-order valence-electron chi connectivity index (χ0n) is 16.0. The van der Waals surface area contributed by atoms with Crippen LogP contribution in [-0.2, 0) is 20.8 Å². The van der Waals surface area contributed by atoms with Gasteiger partial charge in [-0.3, -0.25) is 14.4 Å². The molecule has 3 amide bonds. The maximum Gasteiger partial charge on any atom is 0.239 e. The van der Waals surface area contributed by atoms with Crippen molar-refractivity contribution in [1.29, 1.82) is 0 Å². The lowest BCUT2D eigenvalue weighted by molar-refractivity contribution is -0.132. The van der Waals surface area contributed by atoms with Gasteiger partial charge in [0.05, 0.1) is 6.42 Å². The number of hydrogen-bond donors (Lipinski definition) is 2. The van der Waals surface area contributed by atoms with Crippen LogP contribution >= 0.6 is 0 Å². The van der Waals surface area contributed by atoms with Gasteiger partial charge in [-0.2, -0.15) is 0 Å². The quantitative estimate of drug-likeness (QED) is 0.532. The van der Waals surface area contributed by atoms with Crippen LogP contribution in [0.3, 0.4) is 0 Å². The molecule has 158 valence electrons. The molecule has 2 aromatic rings. The fraction of sp³-hybridized carbons (Fsp3) is 0.286. The van der Waals surface area contributed by atoms with Crippen molar-refractivity contribution in [2.24, 2.45) is 5.92 Å². The molecule has 0 radical (unpaired) electrons. The van der Waals surface area contributed by atoms with Gasteiger partial charge in [0.1, 0.15) is 23.4 Å². The van der Waals surface area contributed by atoms with E-state index in [0.29, 0.717) is 11.6 Å². The van der Waals surface area contributed by atoms with Crippen molar-refractivity contribution in [3.05, 3.63) is 65.5 Å². The molecule has 30 heavy (non-hydrogen) atoms. The van der Waals surface area contributed by atoms with Crippen LogP contribution in [0.25, 0.3) is 0 Å². The minimum absolute atomic E-state index is 0.00592. The van der Waals surface area contributed by atoms with Crippen molar-refractivity contribution < 1.29 is 27.6 Å². The summed E-state index contributed by atoms with van der Waals surface area (Å²) < 4.78 is 39.9. The molecule has 0 aromatic heterocycles. The Morgan fingerprint density at radius 2 is 1.67 bits per heavy atom. The molecule has 2 aromatic carbocycles. The molecule has 1 heterocycles. The lowest BCUT2D eigenvalue weighted by Gasteiger charge is -2.17. The molecule has 1 fully saturated rings. The Bertz CT molecular complexity index is 947. The van der Waals surface area contributed by atoms with Crippen molar-refractivity contribution in [3.63, 3.8) is 0 Å². The molecule has 9 heteroatoms. The predicted octanol–water partition coefficient (Wildman–Crippen LogP) is 1.93. The zero-order valence-corrected chi connectivity index (χ0v) is 16.0. The van der Waals surface area contributed by atoms with Crippen molar-refractivity contribution in [2.45, 2.75) is 12.8 Å². The van der Waals surface area contributed by atoms with Gasteiger partial charge in [-0.25, -0.2) is 13.2 Å². The normalized spacial score (nSPS) is 15.9. The van der Waals surface area contributed by atoms with Crippen LogP contribution in [-0.4, -0.2) is 37.4 Å². The number of nitrogens with zero attached hydrogens (tertiary/aromatic N) is 1. The van der Waals surface area contributed by atoms with Crippen molar-refractivity contribution >= 4 is 23.4 Å². The maximum absolute atomic E-state index is 13.4. The summed E-state index contributed by atoms with van der Waals surface area (Å²) in [5, 5.41) is 5.17. The summed E-state index contributed by atoms with van der Waals surface area (Å²) in [6.45, 7) is 0.413. The van der Waals surface area contributed by atoms with Crippen molar-refractivity contribution in [3.8, 4) is 0 Å². The van der Waals surface area contributed by atoms with Crippen LogP contribution in [0, 0.1) is 23.4 Å². The Balaban J connectivity index is 1.44. The van der Waals surface area contributed by atoms with E-state index in [4.69, 9.17) is 0 Å². The van der Waals surface area contributed by atoms with Gasteiger partial charge >= 0.3 is 0 Å². The first-order valence-corrected chi connectivity index (χ1v) is 9.40. The third-order valence-corrected chi connectivity index (χ3v) is 4.68. The second kappa shape index (κ2) is 9.43. The molecule has 1 unspecified atom stereocenters. The summed E-state index contributed by atoms with van der Waals surface area (Å²) in [6, 6.07) is 8.47. The minimum Gasteiger partial charge on any atom is -0.354 e. The molecule has 1 aliphatic heterocycles. The van der Waals surface area contributed by atoms with E-state index in [0.717, 1.165) is 12.1 Å². The molecule has 3 rings (SSSR count). The lowest BCUT2D eigenvalue weighted by Crippen LogP contribution is -2.40. The fourth-order valence-corrected chi connectivity index (χ4v) is 3.28. The van der Waals surface area contributed by atoms with Gasteiger partial charge in [-0.1, -0.05) is 12.1 Å². The number of benzene rings is 2. The van der Waals surface area contributed by atoms with E-state index in [-0.39, 0.29) is 44.1 Å². The summed E-state index contributed by atoms with van der Waals surface area (Å²) in [5.41, 5.74) is 0.597. The number of rotatable bonds is 7. The number of halogens is 3. The highest BCUT2D eigenvalue weighted by molar-refractivity contribution is 6.09. The van der Waals surface area contributed by atoms with Crippen LogP contribution in [0.4, 0.5) is 18.9 Å². The van der Waals surface area contributed by atoms with Crippen LogP contribution in [0.2, 0.25) is 0 Å². The van der Waals surface area contributed by atoms with E-state index in [2.05, 4.69) is 10.6 Å². The smallest absolute Gasteiger partial charge is 0.239 e. The molecule has 1 aliphatic rings. The van der Waals surface area contributed by atoms with E-state index < -0.39 is 35.2 Å². The molecule has 6 nitrogen and oxygen atoms in total. The van der Waals surface area contributed by atoms with E-state index in [1.165, 1.54) is 23.1 Å². The Morgan fingerprint density at radius 1 is 0.967 bits per heavy atom. The number of carbonyl (C=O) groups is 3. The maximum atomic E-state index is 13.4. The molecule has 1 atom stereocenters. The van der Waals surface area contributed by atoms with E-state index in [1.54, 1.807) is 6.07 Å². The standard InChI is InChI=1S/C21H20F3N3O3/c22-14-3-1-2-13(8-14)9-19(28)25-5-6-26-20(29)18-4-7-27(21(18)30)17-11-15(23)10-16(24)12-17/h1-3,8,10-12,18H,4-7,9H2,(H,25,28)(H,26,29). The number of carbonyl (C=O) groups excluding carboxylic acids is 3. The Hall–Kier alpha value is -3.36. The summed E-state index contributed by atoms with van der Waals surface area (Å²) in [5.74, 6) is -4.37. The monoisotopic (exact) mass is 419 g/mol. The Kier molecular flexibility index (Phi) is 6.71. The first kappa shape index (κ1) is 21.4. The van der Waals surface area contributed by atoms with Gasteiger partial charge in [0.2, 0.25) is 17.7 Å². The first-order valence-electron chi connectivity index (χ1n) is 9.40. The van der Waals surface area contributed by atoms with Crippen LogP contribution in [0.1, 0.15) is 12.0 Å². The van der Waals surface area contributed by atoms with Gasteiger partial charge < -0.3 is 15.5 Å². The number of anilines is 1. The molecule has 0 saturated carbocycles. The van der Waals surface area contributed by atoms with Gasteiger partial charge in [0.15, 0.2) is 0 Å². The van der Waals surface area contributed by atoms with E-state index >= 15 is 0 Å². The summed E-state index contributed by atoms with van der Waals surface area (Å²) in [6.07, 6.45) is 0.223. The largest absolute Gasteiger partial charge is 0.354 e. The average molecular weight is 419 g/mol.